The molecule has 0 aliphatic carbocycles. The molecule has 7 heteroatoms. The lowest BCUT2D eigenvalue weighted by atomic mass is 10.2. The van der Waals surface area contributed by atoms with Crippen molar-refractivity contribution in [1.29, 1.82) is 0 Å². The van der Waals surface area contributed by atoms with Gasteiger partial charge in [0.2, 0.25) is 0 Å². The molecule has 0 spiro atoms. The molecule has 0 unspecified atom stereocenters. The van der Waals surface area contributed by atoms with E-state index < -0.39 is 17.4 Å². The van der Waals surface area contributed by atoms with Crippen molar-refractivity contribution in [1.82, 2.24) is 9.78 Å². The van der Waals surface area contributed by atoms with Crippen LogP contribution in [0.2, 0.25) is 0 Å². The van der Waals surface area contributed by atoms with E-state index in [1.165, 1.54) is 0 Å². The lowest BCUT2D eigenvalue weighted by Gasteiger charge is -2.03. The van der Waals surface area contributed by atoms with Crippen LogP contribution < -0.4 is 0 Å². The predicted octanol–water partition coefficient (Wildman–Crippen LogP) is 3.31. The minimum Gasteiger partial charge on any atom is -0.298 e. The molecule has 0 radical (unpaired) electrons. The number of rotatable bonds is 2. The number of hydrogen-bond donors (Lipinski definition) is 0. The number of benzene rings is 1. The van der Waals surface area contributed by atoms with E-state index in [-0.39, 0.29) is 6.29 Å². The molecule has 18 heavy (non-hydrogen) atoms. The standard InChI is InChI=1S/C11H6F3IN2O/c12-11(13,14)10-7(6-18)5-17(16-10)9-3-1-8(15)2-4-9/h1-6H. The summed E-state index contributed by atoms with van der Waals surface area (Å²) in [7, 11) is 0. The van der Waals surface area contributed by atoms with Crippen LogP contribution in [-0.2, 0) is 6.18 Å². The molecule has 1 aromatic heterocycles. The van der Waals surface area contributed by atoms with Crippen LogP contribution in [0.4, 0.5) is 13.2 Å². The first kappa shape index (κ1) is 13.1. The smallest absolute Gasteiger partial charge is 0.298 e. The summed E-state index contributed by atoms with van der Waals surface area (Å²) < 4.78 is 39.8. The molecule has 0 N–H and O–H groups in total. The summed E-state index contributed by atoms with van der Waals surface area (Å²) in [6.45, 7) is 0. The molecular formula is C11H6F3IN2O. The summed E-state index contributed by atoms with van der Waals surface area (Å²) >= 11 is 2.08. The van der Waals surface area contributed by atoms with Gasteiger partial charge in [-0.25, -0.2) is 4.68 Å². The summed E-state index contributed by atoms with van der Waals surface area (Å²) in [5.74, 6) is 0. The van der Waals surface area contributed by atoms with Gasteiger partial charge in [0.25, 0.3) is 0 Å². The van der Waals surface area contributed by atoms with Crippen molar-refractivity contribution in [3.63, 3.8) is 0 Å². The monoisotopic (exact) mass is 366 g/mol. The lowest BCUT2D eigenvalue weighted by molar-refractivity contribution is -0.141. The zero-order valence-corrected chi connectivity index (χ0v) is 10.9. The Morgan fingerprint density at radius 1 is 1.22 bits per heavy atom. The van der Waals surface area contributed by atoms with Crippen LogP contribution in [0.1, 0.15) is 16.1 Å². The number of carbonyl (C=O) groups is 1. The van der Waals surface area contributed by atoms with Crippen molar-refractivity contribution in [3.8, 4) is 5.69 Å². The summed E-state index contributed by atoms with van der Waals surface area (Å²) in [4.78, 5) is 10.6. The molecule has 2 rings (SSSR count). The third kappa shape index (κ3) is 2.55. The van der Waals surface area contributed by atoms with Crippen LogP contribution in [-0.4, -0.2) is 16.1 Å². The molecule has 1 heterocycles. The number of hydrogen-bond acceptors (Lipinski definition) is 2. The fourth-order valence-electron chi connectivity index (χ4n) is 1.42. The van der Waals surface area contributed by atoms with Gasteiger partial charge in [-0.2, -0.15) is 18.3 Å². The Labute approximate surface area is 114 Å². The van der Waals surface area contributed by atoms with E-state index in [0.29, 0.717) is 5.69 Å². The third-order valence-corrected chi connectivity index (χ3v) is 2.95. The van der Waals surface area contributed by atoms with E-state index in [4.69, 9.17) is 0 Å². The van der Waals surface area contributed by atoms with Crippen LogP contribution in [0.15, 0.2) is 30.5 Å². The molecule has 0 amide bonds. The molecule has 0 fully saturated rings. The predicted molar refractivity (Wildman–Crippen MR) is 66.7 cm³/mol. The van der Waals surface area contributed by atoms with E-state index in [1.807, 2.05) is 0 Å². The Morgan fingerprint density at radius 3 is 2.28 bits per heavy atom. The molecule has 0 saturated carbocycles. The highest BCUT2D eigenvalue weighted by Crippen LogP contribution is 2.30. The second kappa shape index (κ2) is 4.71. The Morgan fingerprint density at radius 2 is 1.83 bits per heavy atom. The quantitative estimate of drug-likeness (QED) is 0.604. The van der Waals surface area contributed by atoms with Gasteiger partial charge < -0.3 is 0 Å². The molecule has 0 saturated heterocycles. The number of nitrogens with zero attached hydrogens (tertiary/aromatic N) is 2. The zero-order chi connectivity index (χ0) is 13.3. The first-order chi connectivity index (χ1) is 8.41. The molecule has 0 aliphatic heterocycles. The highest BCUT2D eigenvalue weighted by atomic mass is 127. The van der Waals surface area contributed by atoms with Crippen LogP contribution in [0.25, 0.3) is 5.69 Å². The third-order valence-electron chi connectivity index (χ3n) is 2.23. The molecule has 0 atom stereocenters. The Kier molecular flexibility index (Phi) is 3.42. The molecule has 1 aromatic carbocycles. The van der Waals surface area contributed by atoms with Crippen LogP contribution in [0, 0.1) is 3.57 Å². The average molecular weight is 366 g/mol. The lowest BCUT2D eigenvalue weighted by Crippen LogP contribution is -2.09. The fraction of sp³-hybridized carbons (Fsp3) is 0.0909. The van der Waals surface area contributed by atoms with E-state index >= 15 is 0 Å². The summed E-state index contributed by atoms with van der Waals surface area (Å²) in [5.41, 5.74) is -1.17. The van der Waals surface area contributed by atoms with Crippen molar-refractivity contribution >= 4 is 28.9 Å². The maximum atomic E-state index is 12.6. The topological polar surface area (TPSA) is 34.9 Å². The van der Waals surface area contributed by atoms with Crippen molar-refractivity contribution < 1.29 is 18.0 Å². The van der Waals surface area contributed by atoms with Gasteiger partial charge in [-0.3, -0.25) is 4.79 Å². The summed E-state index contributed by atoms with van der Waals surface area (Å²) in [5, 5.41) is 3.41. The van der Waals surface area contributed by atoms with Crippen molar-refractivity contribution in [2.45, 2.75) is 6.18 Å². The van der Waals surface area contributed by atoms with Crippen molar-refractivity contribution in [3.05, 3.63) is 45.3 Å². The van der Waals surface area contributed by atoms with Crippen LogP contribution in [0.3, 0.4) is 0 Å². The first-order valence-electron chi connectivity index (χ1n) is 4.80. The van der Waals surface area contributed by atoms with Crippen molar-refractivity contribution in [2.75, 3.05) is 0 Å². The largest absolute Gasteiger partial charge is 0.435 e. The maximum Gasteiger partial charge on any atom is 0.435 e. The summed E-state index contributed by atoms with van der Waals surface area (Å²) in [6, 6.07) is 6.74. The zero-order valence-electron chi connectivity index (χ0n) is 8.78. The van der Waals surface area contributed by atoms with Gasteiger partial charge in [0.1, 0.15) is 0 Å². The van der Waals surface area contributed by atoms with Gasteiger partial charge in [-0.15, -0.1) is 0 Å². The van der Waals surface area contributed by atoms with E-state index in [0.717, 1.165) is 14.4 Å². The van der Waals surface area contributed by atoms with Crippen LogP contribution in [0.5, 0.6) is 0 Å². The molecule has 2 aromatic rings. The van der Waals surface area contributed by atoms with Crippen LogP contribution >= 0.6 is 22.6 Å². The Hall–Kier alpha value is -1.38. The van der Waals surface area contributed by atoms with Gasteiger partial charge in [0, 0.05) is 9.77 Å². The van der Waals surface area contributed by atoms with E-state index in [1.54, 1.807) is 24.3 Å². The SMILES string of the molecule is O=Cc1cn(-c2ccc(I)cc2)nc1C(F)(F)F. The average Bonchev–Trinajstić information content (AvgIpc) is 2.73. The normalized spacial score (nSPS) is 11.6. The van der Waals surface area contributed by atoms with Gasteiger partial charge in [0.15, 0.2) is 12.0 Å². The minimum absolute atomic E-state index is 0.152. The molecule has 0 bridgehead atoms. The second-order valence-corrected chi connectivity index (χ2v) is 4.72. The number of aromatic nitrogens is 2. The highest BCUT2D eigenvalue weighted by molar-refractivity contribution is 14.1. The number of halogens is 4. The van der Waals surface area contributed by atoms with Gasteiger partial charge in [-0.1, -0.05) is 0 Å². The molecule has 3 nitrogen and oxygen atoms in total. The molecule has 94 valence electrons. The minimum atomic E-state index is -4.63. The highest BCUT2D eigenvalue weighted by Gasteiger charge is 2.37. The van der Waals surface area contributed by atoms with Gasteiger partial charge in [0.05, 0.1) is 11.3 Å². The first-order valence-corrected chi connectivity index (χ1v) is 5.87. The fourth-order valence-corrected chi connectivity index (χ4v) is 1.78. The maximum absolute atomic E-state index is 12.6. The Balaban J connectivity index is 2.50. The number of aldehydes is 1. The molecular weight excluding hydrogens is 360 g/mol. The Bertz CT molecular complexity index is 575. The van der Waals surface area contributed by atoms with Gasteiger partial charge in [-0.05, 0) is 46.9 Å². The van der Waals surface area contributed by atoms with E-state index in [2.05, 4.69) is 27.7 Å². The van der Waals surface area contributed by atoms with E-state index in [9.17, 15) is 18.0 Å². The summed E-state index contributed by atoms with van der Waals surface area (Å²) in [6.07, 6.45) is -3.41. The number of carbonyl (C=O) groups excluding carboxylic acids is 1. The number of alkyl halides is 3. The second-order valence-electron chi connectivity index (χ2n) is 3.47. The van der Waals surface area contributed by atoms with Gasteiger partial charge >= 0.3 is 6.18 Å². The van der Waals surface area contributed by atoms with Crippen molar-refractivity contribution in [2.24, 2.45) is 0 Å². The molecule has 0 aliphatic rings.